The number of likely N-dealkylation sites (tertiary alicyclic amines) is 1. The van der Waals surface area contributed by atoms with E-state index in [1.807, 2.05) is 20.8 Å². The van der Waals surface area contributed by atoms with E-state index < -0.39 is 5.60 Å². The zero-order valence-electron chi connectivity index (χ0n) is 13.5. The van der Waals surface area contributed by atoms with Gasteiger partial charge in [0.15, 0.2) is 0 Å². The molecule has 1 aliphatic rings. The first-order valence-corrected chi connectivity index (χ1v) is 8.60. The summed E-state index contributed by atoms with van der Waals surface area (Å²) in [5, 5.41) is 0. The molecule has 1 rings (SSSR count). The Hall–Kier alpha value is -0.0400. The Morgan fingerprint density at radius 2 is 1.90 bits per heavy atom. The lowest BCUT2D eigenvalue weighted by atomic mass is 10.1. The van der Waals surface area contributed by atoms with Crippen LogP contribution in [0.1, 0.15) is 48.0 Å². The molecule has 1 amide bonds. The van der Waals surface area contributed by atoms with E-state index in [4.69, 9.17) is 9.47 Å². The van der Waals surface area contributed by atoms with Gasteiger partial charge in [0, 0.05) is 6.54 Å². The molecule has 4 nitrogen and oxygen atoms in total. The molecule has 3 unspecified atom stereocenters. The van der Waals surface area contributed by atoms with Gasteiger partial charge in [0.25, 0.3) is 0 Å². The molecule has 0 aromatic rings. The van der Waals surface area contributed by atoms with Crippen LogP contribution in [0.25, 0.3) is 0 Å². The summed E-state index contributed by atoms with van der Waals surface area (Å²) in [5.41, 5.74) is -0.443. The maximum absolute atomic E-state index is 12.1. The number of nitrogens with zero attached hydrogens (tertiary/aromatic N) is 1. The lowest BCUT2D eigenvalue weighted by molar-refractivity contribution is -0.00789. The largest absolute Gasteiger partial charge is 0.444 e. The Balaban J connectivity index is 2.48. The normalized spacial score (nSPS) is 25.1. The lowest BCUT2D eigenvalue weighted by Gasteiger charge is -2.25. The molecule has 0 aliphatic carbocycles. The second-order valence-corrected chi connectivity index (χ2v) is 8.62. The molecular formula is C15H28INO3. The first kappa shape index (κ1) is 18.0. The molecule has 1 saturated heterocycles. The molecule has 0 spiro atoms. The second kappa shape index (κ2) is 7.29. The standard InChI is InChI=1S/C15H28INO3/c1-10(2)7-11(3)19-13-9-17(8-12(13)16)14(18)20-15(4,5)6/h10-13H,7-9H2,1-6H3. The summed E-state index contributed by atoms with van der Waals surface area (Å²) in [7, 11) is 0. The molecule has 0 aromatic carbocycles. The highest BCUT2D eigenvalue weighted by atomic mass is 127. The molecule has 1 fully saturated rings. The minimum atomic E-state index is -0.443. The predicted octanol–water partition coefficient (Wildman–Crippen LogP) is 3.86. The van der Waals surface area contributed by atoms with Crippen molar-refractivity contribution in [1.29, 1.82) is 0 Å². The van der Waals surface area contributed by atoms with Crippen LogP contribution in [0, 0.1) is 5.92 Å². The fraction of sp³-hybridized carbons (Fsp3) is 0.933. The third kappa shape index (κ3) is 6.16. The van der Waals surface area contributed by atoms with E-state index in [9.17, 15) is 4.79 Å². The van der Waals surface area contributed by atoms with Gasteiger partial charge in [0.05, 0.1) is 22.7 Å². The summed E-state index contributed by atoms with van der Waals surface area (Å²) in [6, 6.07) is 0. The Kier molecular flexibility index (Phi) is 6.57. The molecular weight excluding hydrogens is 369 g/mol. The fourth-order valence-corrected chi connectivity index (χ4v) is 3.23. The van der Waals surface area contributed by atoms with Crippen LogP contribution < -0.4 is 0 Å². The second-order valence-electron chi connectivity index (χ2n) is 7.02. The third-order valence-electron chi connectivity index (χ3n) is 3.06. The lowest BCUT2D eigenvalue weighted by Crippen LogP contribution is -2.36. The number of amides is 1. The SMILES string of the molecule is CC(C)CC(C)OC1CN(C(=O)OC(C)(C)C)CC1I. The van der Waals surface area contributed by atoms with E-state index in [0.717, 1.165) is 6.42 Å². The van der Waals surface area contributed by atoms with Crippen molar-refractivity contribution in [1.82, 2.24) is 4.90 Å². The average Bonchev–Trinajstić information content (AvgIpc) is 2.56. The first-order valence-electron chi connectivity index (χ1n) is 7.36. The maximum Gasteiger partial charge on any atom is 0.410 e. The Morgan fingerprint density at radius 1 is 1.30 bits per heavy atom. The van der Waals surface area contributed by atoms with Crippen LogP contribution in [-0.2, 0) is 9.47 Å². The zero-order chi connectivity index (χ0) is 15.5. The number of carbonyl (C=O) groups is 1. The molecule has 118 valence electrons. The molecule has 1 aliphatic heterocycles. The molecule has 0 bridgehead atoms. The van der Waals surface area contributed by atoms with E-state index in [0.29, 0.717) is 22.9 Å². The van der Waals surface area contributed by atoms with E-state index >= 15 is 0 Å². The van der Waals surface area contributed by atoms with Crippen molar-refractivity contribution in [2.24, 2.45) is 5.92 Å². The molecule has 20 heavy (non-hydrogen) atoms. The number of rotatable bonds is 4. The van der Waals surface area contributed by atoms with Gasteiger partial charge >= 0.3 is 6.09 Å². The molecule has 0 N–H and O–H groups in total. The summed E-state index contributed by atoms with van der Waals surface area (Å²) < 4.78 is 11.8. The van der Waals surface area contributed by atoms with Gasteiger partial charge in [0.2, 0.25) is 0 Å². The van der Waals surface area contributed by atoms with Crippen LogP contribution in [0.3, 0.4) is 0 Å². The van der Waals surface area contributed by atoms with E-state index in [-0.39, 0.29) is 18.3 Å². The molecule has 5 heteroatoms. The van der Waals surface area contributed by atoms with Gasteiger partial charge in [-0.15, -0.1) is 0 Å². The van der Waals surface area contributed by atoms with Crippen LogP contribution in [0.5, 0.6) is 0 Å². The maximum atomic E-state index is 12.1. The number of alkyl halides is 1. The van der Waals surface area contributed by atoms with Crippen molar-refractivity contribution in [3.05, 3.63) is 0 Å². The summed E-state index contributed by atoms with van der Waals surface area (Å²) in [6.45, 7) is 13.5. The van der Waals surface area contributed by atoms with E-state index in [2.05, 4.69) is 43.4 Å². The Bertz CT molecular complexity index is 328. The first-order chi connectivity index (χ1) is 9.08. The van der Waals surface area contributed by atoms with Crippen LogP contribution in [0.2, 0.25) is 0 Å². The number of halogens is 1. The highest BCUT2D eigenvalue weighted by molar-refractivity contribution is 14.1. The summed E-state index contributed by atoms with van der Waals surface area (Å²) in [4.78, 5) is 13.8. The zero-order valence-corrected chi connectivity index (χ0v) is 15.6. The Morgan fingerprint density at radius 3 is 2.40 bits per heavy atom. The van der Waals surface area contributed by atoms with Gasteiger partial charge in [0.1, 0.15) is 5.60 Å². The van der Waals surface area contributed by atoms with Crippen LogP contribution in [-0.4, -0.2) is 45.8 Å². The third-order valence-corrected chi connectivity index (χ3v) is 4.26. The predicted molar refractivity (Wildman–Crippen MR) is 89.4 cm³/mol. The summed E-state index contributed by atoms with van der Waals surface area (Å²) >= 11 is 2.37. The van der Waals surface area contributed by atoms with Crippen molar-refractivity contribution in [2.75, 3.05) is 13.1 Å². The van der Waals surface area contributed by atoms with Crippen LogP contribution >= 0.6 is 22.6 Å². The summed E-state index contributed by atoms with van der Waals surface area (Å²) in [5.74, 6) is 0.626. The van der Waals surface area contributed by atoms with Gasteiger partial charge in [-0.05, 0) is 40.0 Å². The summed E-state index contributed by atoms with van der Waals surface area (Å²) in [6.07, 6.45) is 1.15. The van der Waals surface area contributed by atoms with Gasteiger partial charge in [-0.25, -0.2) is 4.79 Å². The van der Waals surface area contributed by atoms with Gasteiger partial charge in [-0.2, -0.15) is 0 Å². The fourth-order valence-electron chi connectivity index (χ4n) is 2.36. The molecule has 0 aromatic heterocycles. The van der Waals surface area contributed by atoms with Crippen LogP contribution in [0.15, 0.2) is 0 Å². The molecule has 3 atom stereocenters. The van der Waals surface area contributed by atoms with Gasteiger partial charge in [-0.3, -0.25) is 0 Å². The molecule has 1 heterocycles. The van der Waals surface area contributed by atoms with E-state index in [1.54, 1.807) is 4.90 Å². The van der Waals surface area contributed by atoms with Crippen molar-refractivity contribution in [3.63, 3.8) is 0 Å². The Labute approximate surface area is 136 Å². The quantitative estimate of drug-likeness (QED) is 0.534. The van der Waals surface area contributed by atoms with Crippen LogP contribution in [0.4, 0.5) is 4.79 Å². The average molecular weight is 397 g/mol. The number of ether oxygens (including phenoxy) is 2. The van der Waals surface area contributed by atoms with Crippen molar-refractivity contribution in [3.8, 4) is 0 Å². The van der Waals surface area contributed by atoms with Crippen molar-refractivity contribution in [2.45, 2.75) is 69.7 Å². The monoisotopic (exact) mass is 397 g/mol. The smallest absolute Gasteiger partial charge is 0.410 e. The van der Waals surface area contributed by atoms with Crippen molar-refractivity contribution < 1.29 is 14.3 Å². The molecule has 0 saturated carbocycles. The van der Waals surface area contributed by atoms with E-state index in [1.165, 1.54) is 0 Å². The molecule has 0 radical (unpaired) electrons. The minimum Gasteiger partial charge on any atom is -0.444 e. The van der Waals surface area contributed by atoms with Gasteiger partial charge < -0.3 is 14.4 Å². The van der Waals surface area contributed by atoms with Crippen molar-refractivity contribution >= 4 is 28.7 Å². The number of hydrogen-bond donors (Lipinski definition) is 0. The highest BCUT2D eigenvalue weighted by Gasteiger charge is 2.37. The number of carbonyl (C=O) groups excluding carboxylic acids is 1. The van der Waals surface area contributed by atoms with Gasteiger partial charge in [-0.1, -0.05) is 36.4 Å². The highest BCUT2D eigenvalue weighted by Crippen LogP contribution is 2.25. The topological polar surface area (TPSA) is 38.8 Å². The number of hydrogen-bond acceptors (Lipinski definition) is 3. The minimum absolute atomic E-state index is 0.108.